The summed E-state index contributed by atoms with van der Waals surface area (Å²) in [7, 11) is 0. The third-order valence-electron chi connectivity index (χ3n) is 5.01. The van der Waals surface area contributed by atoms with E-state index in [1.807, 2.05) is 36.4 Å². The normalized spacial score (nSPS) is 27.7. The lowest BCUT2D eigenvalue weighted by molar-refractivity contribution is -0.277. The molecule has 30 heavy (non-hydrogen) atoms. The fourth-order valence-electron chi connectivity index (χ4n) is 3.19. The molecular formula is C23H26O7. The van der Waals surface area contributed by atoms with Crippen molar-refractivity contribution in [3.63, 3.8) is 0 Å². The van der Waals surface area contributed by atoms with Crippen LogP contribution in [0.5, 0.6) is 11.5 Å². The van der Waals surface area contributed by atoms with Gasteiger partial charge in [0.05, 0.1) is 6.61 Å². The lowest BCUT2D eigenvalue weighted by atomic mass is 9.98. The molecule has 1 saturated heterocycles. The Labute approximate surface area is 174 Å². The van der Waals surface area contributed by atoms with Crippen LogP contribution < -0.4 is 4.74 Å². The standard InChI is InChI=1S/C23H26O7/c1-2-15(16-7-9-17(25)10-8-16)6-3-14-4-11-18(12-5-14)29-23-22(28)21(27)20(26)19(13-24)30-23/h2-12,15,19-28H,1,13H2/b6-3+/t15-,19+,20+,21-,22+,23+/m0/s1. The van der Waals surface area contributed by atoms with Crippen molar-refractivity contribution in [1.82, 2.24) is 0 Å². The first-order chi connectivity index (χ1) is 14.4. The molecule has 7 nitrogen and oxygen atoms in total. The summed E-state index contributed by atoms with van der Waals surface area (Å²) >= 11 is 0. The molecule has 7 heteroatoms. The highest BCUT2D eigenvalue weighted by molar-refractivity contribution is 5.53. The molecule has 0 spiro atoms. The maximum Gasteiger partial charge on any atom is 0.229 e. The summed E-state index contributed by atoms with van der Waals surface area (Å²) < 4.78 is 10.9. The summed E-state index contributed by atoms with van der Waals surface area (Å²) in [6.07, 6.45) is -0.903. The Morgan fingerprint density at radius 1 is 0.967 bits per heavy atom. The zero-order chi connectivity index (χ0) is 21.7. The fourth-order valence-corrected chi connectivity index (χ4v) is 3.19. The molecule has 0 saturated carbocycles. The zero-order valence-corrected chi connectivity index (χ0v) is 16.3. The first-order valence-electron chi connectivity index (χ1n) is 9.60. The molecule has 0 bridgehead atoms. The van der Waals surface area contributed by atoms with Gasteiger partial charge in [-0.1, -0.05) is 42.5 Å². The molecule has 1 fully saturated rings. The number of aliphatic hydroxyl groups excluding tert-OH is 4. The van der Waals surface area contributed by atoms with E-state index in [0.717, 1.165) is 11.1 Å². The molecule has 1 heterocycles. The number of hydrogen-bond acceptors (Lipinski definition) is 7. The maximum absolute atomic E-state index is 10.1. The van der Waals surface area contributed by atoms with Gasteiger partial charge in [0.25, 0.3) is 0 Å². The van der Waals surface area contributed by atoms with Crippen LogP contribution in [0.4, 0.5) is 0 Å². The number of phenols is 1. The van der Waals surface area contributed by atoms with Crippen LogP contribution in [0.25, 0.3) is 6.08 Å². The van der Waals surface area contributed by atoms with E-state index in [0.29, 0.717) is 5.75 Å². The lowest BCUT2D eigenvalue weighted by Gasteiger charge is -2.39. The van der Waals surface area contributed by atoms with Crippen molar-refractivity contribution in [3.8, 4) is 11.5 Å². The number of hydrogen-bond donors (Lipinski definition) is 5. The minimum absolute atomic E-state index is 0.0179. The van der Waals surface area contributed by atoms with Gasteiger partial charge >= 0.3 is 0 Å². The summed E-state index contributed by atoms with van der Waals surface area (Å²) in [5, 5.41) is 48.4. The fraction of sp³-hybridized carbons (Fsp3) is 0.304. The molecular weight excluding hydrogens is 388 g/mol. The molecule has 2 aromatic rings. The minimum Gasteiger partial charge on any atom is -0.508 e. The first kappa shape index (κ1) is 22.0. The van der Waals surface area contributed by atoms with Gasteiger partial charge in [-0.15, -0.1) is 6.58 Å². The van der Waals surface area contributed by atoms with E-state index in [2.05, 4.69) is 6.58 Å². The molecule has 3 rings (SSSR count). The second kappa shape index (κ2) is 9.88. The second-order valence-corrected chi connectivity index (χ2v) is 7.10. The Balaban J connectivity index is 1.65. The molecule has 1 aliphatic heterocycles. The first-order valence-corrected chi connectivity index (χ1v) is 9.60. The molecule has 6 atom stereocenters. The second-order valence-electron chi connectivity index (χ2n) is 7.10. The molecule has 0 radical (unpaired) electrons. The number of aromatic hydroxyl groups is 1. The average Bonchev–Trinajstić information content (AvgIpc) is 2.76. The molecule has 0 unspecified atom stereocenters. The molecule has 0 aliphatic carbocycles. The van der Waals surface area contributed by atoms with Crippen LogP contribution in [0.3, 0.4) is 0 Å². The van der Waals surface area contributed by atoms with Crippen LogP contribution in [-0.2, 0) is 4.74 Å². The van der Waals surface area contributed by atoms with Gasteiger partial charge in [-0.3, -0.25) is 0 Å². The van der Waals surface area contributed by atoms with Crippen molar-refractivity contribution in [2.45, 2.75) is 36.6 Å². The van der Waals surface area contributed by atoms with Crippen molar-refractivity contribution in [2.75, 3.05) is 6.61 Å². The summed E-state index contributed by atoms with van der Waals surface area (Å²) in [5.74, 6) is 0.589. The Hall–Kier alpha value is -2.68. The molecule has 5 N–H and O–H groups in total. The van der Waals surface area contributed by atoms with Gasteiger partial charge < -0.3 is 35.0 Å². The topological polar surface area (TPSA) is 120 Å². The number of aliphatic hydroxyl groups is 4. The van der Waals surface area contributed by atoms with Crippen LogP contribution in [0, 0.1) is 0 Å². The van der Waals surface area contributed by atoms with E-state index in [9.17, 15) is 25.5 Å². The Kier molecular flexibility index (Phi) is 7.25. The van der Waals surface area contributed by atoms with E-state index < -0.39 is 37.3 Å². The quantitative estimate of drug-likeness (QED) is 0.436. The Morgan fingerprint density at radius 2 is 1.63 bits per heavy atom. The van der Waals surface area contributed by atoms with Gasteiger partial charge in [0, 0.05) is 5.92 Å². The van der Waals surface area contributed by atoms with E-state index >= 15 is 0 Å². The highest BCUT2D eigenvalue weighted by atomic mass is 16.7. The highest BCUT2D eigenvalue weighted by Gasteiger charge is 2.44. The predicted octanol–water partition coefficient (Wildman–Crippen LogP) is 1.55. The number of phenolic OH excluding ortho intramolecular Hbond substituents is 1. The summed E-state index contributed by atoms with van der Waals surface area (Å²) in [6.45, 7) is 3.34. The third kappa shape index (κ3) is 5.08. The van der Waals surface area contributed by atoms with E-state index in [1.165, 1.54) is 0 Å². The van der Waals surface area contributed by atoms with Gasteiger partial charge in [-0.2, -0.15) is 0 Å². The van der Waals surface area contributed by atoms with E-state index in [-0.39, 0.29) is 11.7 Å². The number of ether oxygens (including phenoxy) is 2. The van der Waals surface area contributed by atoms with Gasteiger partial charge in [0.1, 0.15) is 35.9 Å². The van der Waals surface area contributed by atoms with Crippen molar-refractivity contribution in [2.24, 2.45) is 0 Å². The molecule has 0 aromatic heterocycles. The van der Waals surface area contributed by atoms with Crippen molar-refractivity contribution in [3.05, 3.63) is 78.4 Å². The molecule has 0 amide bonds. The Morgan fingerprint density at radius 3 is 2.23 bits per heavy atom. The van der Waals surface area contributed by atoms with Gasteiger partial charge in [0.2, 0.25) is 6.29 Å². The van der Waals surface area contributed by atoms with E-state index in [1.54, 1.807) is 30.3 Å². The predicted molar refractivity (Wildman–Crippen MR) is 111 cm³/mol. The largest absolute Gasteiger partial charge is 0.508 e. The van der Waals surface area contributed by atoms with Gasteiger partial charge in [-0.25, -0.2) is 0 Å². The zero-order valence-electron chi connectivity index (χ0n) is 16.3. The third-order valence-corrected chi connectivity index (χ3v) is 5.01. The minimum atomic E-state index is -1.49. The highest BCUT2D eigenvalue weighted by Crippen LogP contribution is 2.26. The summed E-state index contributed by atoms with van der Waals surface area (Å²) in [6, 6.07) is 13.9. The van der Waals surface area contributed by atoms with Crippen molar-refractivity contribution < 1.29 is 35.0 Å². The summed E-state index contributed by atoms with van der Waals surface area (Å²) in [5.41, 5.74) is 1.91. The van der Waals surface area contributed by atoms with Crippen LogP contribution in [-0.4, -0.2) is 62.8 Å². The number of benzene rings is 2. The number of allylic oxidation sites excluding steroid dienone is 2. The van der Waals surface area contributed by atoms with Crippen LogP contribution >= 0.6 is 0 Å². The van der Waals surface area contributed by atoms with Gasteiger partial charge in [0.15, 0.2) is 0 Å². The molecule has 1 aliphatic rings. The monoisotopic (exact) mass is 414 g/mol. The van der Waals surface area contributed by atoms with Crippen molar-refractivity contribution >= 4 is 6.08 Å². The van der Waals surface area contributed by atoms with Gasteiger partial charge in [-0.05, 0) is 35.4 Å². The summed E-state index contributed by atoms with van der Waals surface area (Å²) in [4.78, 5) is 0. The van der Waals surface area contributed by atoms with Crippen LogP contribution in [0.2, 0.25) is 0 Å². The van der Waals surface area contributed by atoms with E-state index in [4.69, 9.17) is 9.47 Å². The van der Waals surface area contributed by atoms with Crippen LogP contribution in [0.1, 0.15) is 17.0 Å². The number of rotatable bonds is 7. The van der Waals surface area contributed by atoms with Crippen LogP contribution in [0.15, 0.2) is 67.3 Å². The molecule has 2 aromatic carbocycles. The average molecular weight is 414 g/mol. The SMILES string of the molecule is C=C[C@@H](/C=C/c1ccc(O[C@@H]2O[C@H](CO)[C@@H](O)[C@H](O)[C@H]2O)cc1)c1ccc(O)cc1. The molecule has 160 valence electrons. The van der Waals surface area contributed by atoms with Crippen molar-refractivity contribution in [1.29, 1.82) is 0 Å². The maximum atomic E-state index is 10.1. The Bertz CT molecular complexity index is 845. The smallest absolute Gasteiger partial charge is 0.229 e. The lowest BCUT2D eigenvalue weighted by Crippen LogP contribution is -2.60.